The first-order valence-electron chi connectivity index (χ1n) is 44.6. The molecule has 0 spiro atoms. The normalized spacial score (nSPS) is 14.3. The monoisotopic (exact) mass is 1540 g/mol. The predicted octanol–water partition coefficient (Wildman–Crippen LogP) is 26.2. The first-order chi connectivity index (χ1) is 50.9. The van der Waals surface area contributed by atoms with Crippen molar-refractivity contribution in [3.8, 4) is 0 Å². The van der Waals surface area contributed by atoms with E-state index < -0.39 is 97.5 Å². The summed E-state index contributed by atoms with van der Waals surface area (Å²) in [6, 6.07) is 0. The van der Waals surface area contributed by atoms with Crippen molar-refractivity contribution in [2.24, 2.45) is 11.8 Å². The number of unbranched alkanes of at least 4 members (excludes halogenated alkanes) is 53. The Morgan fingerprint density at radius 3 is 0.676 bits per heavy atom. The molecular weight excluding hydrogens is 1370 g/mol. The van der Waals surface area contributed by atoms with Gasteiger partial charge in [-0.15, -0.1) is 0 Å². The van der Waals surface area contributed by atoms with Gasteiger partial charge in [0.2, 0.25) is 0 Å². The molecule has 0 amide bonds. The van der Waals surface area contributed by atoms with Crippen LogP contribution in [-0.4, -0.2) is 96.7 Å². The second-order valence-corrected chi connectivity index (χ2v) is 34.3. The van der Waals surface area contributed by atoms with Crippen LogP contribution < -0.4 is 0 Å². The molecule has 0 aromatic heterocycles. The number of carbonyl (C=O) groups excluding carboxylic acids is 4. The Bertz CT molecular complexity index is 2010. The summed E-state index contributed by atoms with van der Waals surface area (Å²) in [6.45, 7) is 9.70. The minimum absolute atomic E-state index is 0.106. The van der Waals surface area contributed by atoms with Crippen molar-refractivity contribution in [1.82, 2.24) is 0 Å². The van der Waals surface area contributed by atoms with Crippen molar-refractivity contribution in [3.05, 3.63) is 0 Å². The molecule has 0 aliphatic carbocycles. The molecule has 624 valence electrons. The smallest absolute Gasteiger partial charge is 0.462 e. The van der Waals surface area contributed by atoms with Gasteiger partial charge in [0, 0.05) is 25.7 Å². The van der Waals surface area contributed by atoms with Gasteiger partial charge in [-0.3, -0.25) is 37.3 Å². The molecule has 3 N–H and O–H groups in total. The van der Waals surface area contributed by atoms with Gasteiger partial charge in [-0.1, -0.05) is 408 Å². The van der Waals surface area contributed by atoms with E-state index in [1.54, 1.807) is 0 Å². The number of hydrogen-bond acceptors (Lipinski definition) is 15. The Balaban J connectivity index is 5.15. The summed E-state index contributed by atoms with van der Waals surface area (Å²) in [5.41, 5.74) is 0. The van der Waals surface area contributed by atoms with Gasteiger partial charge in [-0.2, -0.15) is 0 Å². The number of phosphoric ester groups is 2. The van der Waals surface area contributed by atoms with Crippen molar-refractivity contribution in [2.75, 3.05) is 39.6 Å². The molecule has 0 aromatic rings. The van der Waals surface area contributed by atoms with E-state index in [1.165, 1.54) is 263 Å². The molecule has 0 bridgehead atoms. The lowest BCUT2D eigenvalue weighted by Crippen LogP contribution is -2.30. The van der Waals surface area contributed by atoms with Crippen molar-refractivity contribution >= 4 is 39.5 Å². The van der Waals surface area contributed by atoms with Crippen molar-refractivity contribution in [2.45, 2.75) is 477 Å². The molecule has 0 saturated carbocycles. The van der Waals surface area contributed by atoms with E-state index in [1.807, 2.05) is 0 Å². The van der Waals surface area contributed by atoms with Crippen molar-refractivity contribution < 1.29 is 80.2 Å². The number of hydrogen-bond donors (Lipinski definition) is 3. The fourth-order valence-corrected chi connectivity index (χ4v) is 14.9. The van der Waals surface area contributed by atoms with E-state index in [2.05, 4.69) is 41.5 Å². The van der Waals surface area contributed by atoms with Gasteiger partial charge in [0.15, 0.2) is 12.2 Å². The minimum Gasteiger partial charge on any atom is -0.462 e. The topological polar surface area (TPSA) is 237 Å². The molecule has 7 atom stereocenters. The molecule has 19 heteroatoms. The molecule has 17 nitrogen and oxygen atoms in total. The van der Waals surface area contributed by atoms with Crippen LogP contribution in [0.2, 0.25) is 0 Å². The molecule has 0 aliphatic rings. The summed E-state index contributed by atoms with van der Waals surface area (Å²) in [7, 11) is -9.92. The zero-order valence-electron chi connectivity index (χ0n) is 69.0. The Labute approximate surface area is 645 Å². The van der Waals surface area contributed by atoms with Gasteiger partial charge in [0.1, 0.15) is 19.3 Å². The molecule has 0 heterocycles. The highest BCUT2D eigenvalue weighted by atomic mass is 31.2. The molecule has 0 fully saturated rings. The number of phosphoric acid groups is 2. The Hall–Kier alpha value is -1.94. The third-order valence-electron chi connectivity index (χ3n) is 20.9. The van der Waals surface area contributed by atoms with Crippen LogP contribution in [-0.2, 0) is 65.4 Å². The highest BCUT2D eigenvalue weighted by molar-refractivity contribution is 7.47. The van der Waals surface area contributed by atoms with E-state index in [9.17, 15) is 43.2 Å². The first kappa shape index (κ1) is 103. The average Bonchev–Trinajstić information content (AvgIpc) is 0.980. The van der Waals surface area contributed by atoms with E-state index in [0.717, 1.165) is 115 Å². The SMILES string of the molecule is CCCCCCCCCCCCCCCCCCCCCCCCC(=O)OC[C@H](COP(=O)(O)OC[C@@H](O)COP(=O)(O)OC[C@@H](COC(=O)CCCCCCCCC)OC(=O)CCCCCCCCCCCCC(C)CC)OC(=O)CCCCCCCCCCCCCCCCCCCCC(C)CC. The van der Waals surface area contributed by atoms with Crippen LogP contribution >= 0.6 is 15.6 Å². The van der Waals surface area contributed by atoms with Crippen molar-refractivity contribution in [3.63, 3.8) is 0 Å². The molecule has 0 aliphatic heterocycles. The summed E-state index contributed by atoms with van der Waals surface area (Å²) in [5, 5.41) is 10.6. The molecule has 4 unspecified atom stereocenters. The zero-order chi connectivity index (χ0) is 77.1. The minimum atomic E-state index is -4.96. The lowest BCUT2D eigenvalue weighted by molar-refractivity contribution is -0.161. The van der Waals surface area contributed by atoms with E-state index in [-0.39, 0.29) is 25.7 Å². The lowest BCUT2D eigenvalue weighted by atomic mass is 9.99. The van der Waals surface area contributed by atoms with Gasteiger partial charge >= 0.3 is 39.5 Å². The molecule has 0 rings (SSSR count). The molecule has 0 saturated heterocycles. The second-order valence-electron chi connectivity index (χ2n) is 31.4. The van der Waals surface area contributed by atoms with Crippen LogP contribution in [0.15, 0.2) is 0 Å². The zero-order valence-corrected chi connectivity index (χ0v) is 70.8. The van der Waals surface area contributed by atoms with Gasteiger partial charge in [0.25, 0.3) is 0 Å². The predicted molar refractivity (Wildman–Crippen MR) is 432 cm³/mol. The fraction of sp³-hybridized carbons (Fsp3) is 0.953. The second kappa shape index (κ2) is 77.4. The molecular formula is C86H168O17P2. The summed E-state index contributed by atoms with van der Waals surface area (Å²) >= 11 is 0. The summed E-state index contributed by atoms with van der Waals surface area (Å²) in [5.74, 6) is -0.435. The summed E-state index contributed by atoms with van der Waals surface area (Å²) in [6.07, 6.45) is 69.7. The summed E-state index contributed by atoms with van der Waals surface area (Å²) in [4.78, 5) is 73.0. The van der Waals surface area contributed by atoms with Gasteiger partial charge in [-0.25, -0.2) is 9.13 Å². The number of aliphatic hydroxyl groups excluding tert-OH is 1. The maximum absolute atomic E-state index is 13.1. The highest BCUT2D eigenvalue weighted by Gasteiger charge is 2.30. The molecule has 0 radical (unpaired) electrons. The Kier molecular flexibility index (Phi) is 76.0. The maximum Gasteiger partial charge on any atom is 0.472 e. The van der Waals surface area contributed by atoms with Crippen LogP contribution in [0.3, 0.4) is 0 Å². The molecule has 105 heavy (non-hydrogen) atoms. The molecule has 0 aromatic carbocycles. The maximum atomic E-state index is 13.1. The van der Waals surface area contributed by atoms with Crippen molar-refractivity contribution in [1.29, 1.82) is 0 Å². The van der Waals surface area contributed by atoms with E-state index >= 15 is 0 Å². The van der Waals surface area contributed by atoms with Crippen LogP contribution in [0.1, 0.15) is 459 Å². The van der Waals surface area contributed by atoms with Gasteiger partial charge in [0.05, 0.1) is 26.4 Å². The van der Waals surface area contributed by atoms with Crippen LogP contribution in [0.4, 0.5) is 0 Å². The number of rotatable bonds is 85. The largest absolute Gasteiger partial charge is 0.472 e. The van der Waals surface area contributed by atoms with Gasteiger partial charge in [-0.05, 0) is 37.5 Å². The van der Waals surface area contributed by atoms with Crippen LogP contribution in [0.25, 0.3) is 0 Å². The third kappa shape index (κ3) is 77.2. The van der Waals surface area contributed by atoms with Crippen LogP contribution in [0, 0.1) is 11.8 Å². The Morgan fingerprint density at radius 1 is 0.267 bits per heavy atom. The number of aliphatic hydroxyl groups is 1. The first-order valence-corrected chi connectivity index (χ1v) is 47.6. The number of esters is 4. The average molecular weight is 1540 g/mol. The highest BCUT2D eigenvalue weighted by Crippen LogP contribution is 2.45. The fourth-order valence-electron chi connectivity index (χ4n) is 13.4. The van der Waals surface area contributed by atoms with E-state index in [0.29, 0.717) is 25.7 Å². The number of ether oxygens (including phenoxy) is 4. The Morgan fingerprint density at radius 2 is 0.457 bits per heavy atom. The standard InChI is InChI=1S/C86H168O17P2/c1-7-11-13-15-17-18-19-20-21-22-23-24-25-26-30-33-36-39-45-51-57-63-69-84(89)97-75-82(103-85(90)70-64-58-52-46-40-37-34-31-28-27-29-32-35-38-43-49-54-60-66-78(5)9-3)77-101-105(94,95)99-73-80(87)72-98-104(92,93)100-76-81(74-96-83(88)68-62-56-48-16-14-12-8-2)102-86(91)71-65-59-53-47-42-41-44-50-55-61-67-79(6)10-4/h78-82,87H,7-77H2,1-6H3,(H,92,93)(H,94,95)/t78?,79?,80-,81+,82+/m0/s1. The third-order valence-corrected chi connectivity index (χ3v) is 22.8. The quantitative estimate of drug-likeness (QED) is 0.0222. The lowest BCUT2D eigenvalue weighted by Gasteiger charge is -2.21. The summed E-state index contributed by atoms with van der Waals surface area (Å²) < 4.78 is 68.7. The number of carbonyl (C=O) groups is 4. The van der Waals surface area contributed by atoms with E-state index in [4.69, 9.17) is 37.0 Å². The van der Waals surface area contributed by atoms with Gasteiger partial charge < -0.3 is 33.8 Å². The van der Waals surface area contributed by atoms with Crippen LogP contribution in [0.5, 0.6) is 0 Å².